The van der Waals surface area contributed by atoms with Crippen molar-refractivity contribution in [2.45, 2.75) is 32.4 Å². The molecule has 2 rings (SSSR count). The molecule has 1 aromatic rings. The third-order valence-electron chi connectivity index (χ3n) is 4.07. The summed E-state index contributed by atoms with van der Waals surface area (Å²) in [6, 6.07) is 5.25. The van der Waals surface area contributed by atoms with Gasteiger partial charge in [-0.25, -0.2) is 0 Å². The van der Waals surface area contributed by atoms with E-state index in [1.807, 2.05) is 6.92 Å². The average Bonchev–Trinajstić information content (AvgIpc) is 2.32. The summed E-state index contributed by atoms with van der Waals surface area (Å²) >= 11 is 0. The van der Waals surface area contributed by atoms with Gasteiger partial charge in [0.2, 0.25) is 0 Å². The molecule has 1 aliphatic heterocycles. The quantitative estimate of drug-likeness (QED) is 0.782. The Balaban J connectivity index is 2.07. The summed E-state index contributed by atoms with van der Waals surface area (Å²) in [5.74, 6) is 0.871. The second-order valence-corrected chi connectivity index (χ2v) is 5.73. The largest absolute Gasteiger partial charge is 0.507 e. The third-order valence-corrected chi connectivity index (χ3v) is 4.07. The molecule has 3 unspecified atom stereocenters. The van der Waals surface area contributed by atoms with Gasteiger partial charge in [-0.2, -0.15) is 0 Å². The molecule has 1 aromatic carbocycles. The average molecular weight is 264 g/mol. The van der Waals surface area contributed by atoms with Crippen molar-refractivity contribution in [2.24, 2.45) is 5.92 Å². The smallest absolute Gasteiger partial charge is 0.124 e. The molecule has 3 atom stereocenters. The normalized spacial score (nSPS) is 26.3. The number of likely N-dealkylation sites (tertiary alicyclic amines) is 1. The van der Waals surface area contributed by atoms with Gasteiger partial charge in [-0.15, -0.1) is 0 Å². The number of piperidine rings is 1. The Kier molecular flexibility index (Phi) is 4.32. The lowest BCUT2D eigenvalue weighted by atomic mass is 9.92. The standard InChI is InChI=1S/C15H24N2O2/c1-10-9-17(3)8-7-12(10)16-11(2)15-13(18)5-4-6-14(15)19/h4-6,10-12,16,18-19H,7-9H2,1-3H3. The molecular formula is C15H24N2O2. The number of hydrogen-bond acceptors (Lipinski definition) is 4. The molecule has 0 aromatic heterocycles. The molecule has 1 fully saturated rings. The maximum absolute atomic E-state index is 9.89. The highest BCUT2D eigenvalue weighted by Gasteiger charge is 2.26. The zero-order valence-electron chi connectivity index (χ0n) is 11.9. The molecule has 0 saturated carbocycles. The highest BCUT2D eigenvalue weighted by Crippen LogP contribution is 2.33. The predicted molar refractivity (Wildman–Crippen MR) is 76.4 cm³/mol. The van der Waals surface area contributed by atoms with E-state index in [9.17, 15) is 10.2 Å². The molecule has 0 bridgehead atoms. The Labute approximate surface area is 115 Å². The van der Waals surface area contributed by atoms with Gasteiger partial charge in [0.1, 0.15) is 11.5 Å². The van der Waals surface area contributed by atoms with E-state index in [2.05, 4.69) is 24.2 Å². The molecule has 0 spiro atoms. The zero-order valence-corrected chi connectivity index (χ0v) is 11.9. The molecular weight excluding hydrogens is 240 g/mol. The van der Waals surface area contributed by atoms with Gasteiger partial charge in [-0.3, -0.25) is 0 Å². The third kappa shape index (κ3) is 3.19. The highest BCUT2D eigenvalue weighted by molar-refractivity contribution is 5.44. The van der Waals surface area contributed by atoms with Crippen LogP contribution in [0, 0.1) is 5.92 Å². The van der Waals surface area contributed by atoms with Crippen molar-refractivity contribution in [3.63, 3.8) is 0 Å². The Bertz CT molecular complexity index is 416. The molecule has 1 aliphatic rings. The molecule has 4 nitrogen and oxygen atoms in total. The van der Waals surface area contributed by atoms with E-state index in [-0.39, 0.29) is 17.5 Å². The lowest BCUT2D eigenvalue weighted by Crippen LogP contribution is -2.47. The van der Waals surface area contributed by atoms with E-state index in [0.717, 1.165) is 19.5 Å². The van der Waals surface area contributed by atoms with E-state index >= 15 is 0 Å². The first-order valence-electron chi connectivity index (χ1n) is 6.94. The number of nitrogens with zero attached hydrogens (tertiary/aromatic N) is 1. The summed E-state index contributed by atoms with van der Waals surface area (Å²) in [6.07, 6.45) is 1.09. The van der Waals surface area contributed by atoms with Crippen LogP contribution < -0.4 is 5.32 Å². The van der Waals surface area contributed by atoms with Crippen molar-refractivity contribution in [1.82, 2.24) is 10.2 Å². The summed E-state index contributed by atoms with van der Waals surface area (Å²) in [7, 11) is 2.14. The summed E-state index contributed by atoms with van der Waals surface area (Å²) in [4.78, 5) is 2.34. The summed E-state index contributed by atoms with van der Waals surface area (Å²) in [6.45, 7) is 6.39. The van der Waals surface area contributed by atoms with E-state index < -0.39 is 0 Å². The van der Waals surface area contributed by atoms with Gasteiger partial charge in [0.05, 0.1) is 5.56 Å². The monoisotopic (exact) mass is 264 g/mol. The van der Waals surface area contributed by atoms with Gasteiger partial charge >= 0.3 is 0 Å². The second-order valence-electron chi connectivity index (χ2n) is 5.73. The molecule has 1 saturated heterocycles. The first kappa shape index (κ1) is 14.2. The van der Waals surface area contributed by atoms with Crippen LogP contribution in [0.1, 0.15) is 31.9 Å². The van der Waals surface area contributed by atoms with E-state index in [0.29, 0.717) is 17.5 Å². The second kappa shape index (κ2) is 5.80. The maximum atomic E-state index is 9.89. The summed E-state index contributed by atoms with van der Waals surface area (Å²) in [5.41, 5.74) is 0.591. The Morgan fingerprint density at radius 3 is 2.53 bits per heavy atom. The van der Waals surface area contributed by atoms with Crippen LogP contribution in [-0.4, -0.2) is 41.3 Å². The van der Waals surface area contributed by atoms with Gasteiger partial charge < -0.3 is 20.4 Å². The van der Waals surface area contributed by atoms with Crippen molar-refractivity contribution in [2.75, 3.05) is 20.1 Å². The minimum atomic E-state index is -0.0583. The predicted octanol–water partition coefficient (Wildman–Crippen LogP) is 2.09. The van der Waals surface area contributed by atoms with Crippen LogP contribution in [0.15, 0.2) is 18.2 Å². The van der Waals surface area contributed by atoms with Gasteiger partial charge in [-0.1, -0.05) is 13.0 Å². The molecule has 1 heterocycles. The van der Waals surface area contributed by atoms with E-state index in [1.165, 1.54) is 0 Å². The topological polar surface area (TPSA) is 55.7 Å². The number of aromatic hydroxyl groups is 2. The lowest BCUT2D eigenvalue weighted by molar-refractivity contribution is 0.167. The Morgan fingerprint density at radius 2 is 1.95 bits per heavy atom. The fraction of sp³-hybridized carbons (Fsp3) is 0.600. The molecule has 3 N–H and O–H groups in total. The number of hydrogen-bond donors (Lipinski definition) is 3. The number of benzene rings is 1. The number of phenols is 2. The van der Waals surface area contributed by atoms with Crippen LogP contribution in [0.4, 0.5) is 0 Å². The number of nitrogens with one attached hydrogen (secondary N) is 1. The minimum absolute atomic E-state index is 0.0583. The van der Waals surface area contributed by atoms with Crippen LogP contribution in [-0.2, 0) is 0 Å². The molecule has 0 amide bonds. The van der Waals surface area contributed by atoms with Crippen molar-refractivity contribution < 1.29 is 10.2 Å². The fourth-order valence-corrected chi connectivity index (χ4v) is 2.99. The van der Waals surface area contributed by atoms with Crippen LogP contribution in [0.2, 0.25) is 0 Å². The van der Waals surface area contributed by atoms with Crippen LogP contribution in [0.3, 0.4) is 0 Å². The molecule has 19 heavy (non-hydrogen) atoms. The van der Waals surface area contributed by atoms with Gasteiger partial charge in [0, 0.05) is 18.6 Å². The Morgan fingerprint density at radius 1 is 1.32 bits per heavy atom. The summed E-state index contributed by atoms with van der Waals surface area (Å²) in [5, 5.41) is 23.3. The van der Waals surface area contributed by atoms with Crippen molar-refractivity contribution in [1.29, 1.82) is 0 Å². The van der Waals surface area contributed by atoms with Crippen molar-refractivity contribution >= 4 is 0 Å². The van der Waals surface area contributed by atoms with Gasteiger partial charge in [-0.05, 0) is 45.0 Å². The van der Waals surface area contributed by atoms with E-state index in [4.69, 9.17) is 0 Å². The SMILES string of the molecule is CC(NC1CCN(C)CC1C)c1c(O)cccc1O. The number of rotatable bonds is 3. The number of phenolic OH excluding ortho intramolecular Hbond substituents is 2. The summed E-state index contributed by atoms with van der Waals surface area (Å²) < 4.78 is 0. The first-order chi connectivity index (χ1) is 8.99. The molecule has 4 heteroatoms. The fourth-order valence-electron chi connectivity index (χ4n) is 2.99. The van der Waals surface area contributed by atoms with Crippen LogP contribution >= 0.6 is 0 Å². The van der Waals surface area contributed by atoms with Crippen LogP contribution in [0.5, 0.6) is 11.5 Å². The van der Waals surface area contributed by atoms with Crippen molar-refractivity contribution in [3.05, 3.63) is 23.8 Å². The molecule has 106 valence electrons. The minimum Gasteiger partial charge on any atom is -0.507 e. The van der Waals surface area contributed by atoms with E-state index in [1.54, 1.807) is 18.2 Å². The zero-order chi connectivity index (χ0) is 14.0. The van der Waals surface area contributed by atoms with Gasteiger partial charge in [0.15, 0.2) is 0 Å². The van der Waals surface area contributed by atoms with Crippen molar-refractivity contribution in [3.8, 4) is 11.5 Å². The lowest BCUT2D eigenvalue weighted by Gasteiger charge is -2.37. The van der Waals surface area contributed by atoms with Crippen LogP contribution in [0.25, 0.3) is 0 Å². The molecule has 0 radical (unpaired) electrons. The molecule has 0 aliphatic carbocycles. The maximum Gasteiger partial charge on any atom is 0.124 e. The van der Waals surface area contributed by atoms with Gasteiger partial charge in [0.25, 0.3) is 0 Å². The Hall–Kier alpha value is -1.26. The highest BCUT2D eigenvalue weighted by atomic mass is 16.3. The first-order valence-corrected chi connectivity index (χ1v) is 6.94.